The summed E-state index contributed by atoms with van der Waals surface area (Å²) in [5.41, 5.74) is 5.26. The van der Waals surface area contributed by atoms with E-state index in [1.54, 1.807) is 0 Å². The van der Waals surface area contributed by atoms with E-state index < -0.39 is 15.6 Å². The summed E-state index contributed by atoms with van der Waals surface area (Å²) in [6.45, 7) is 3.97. The largest absolute Gasteiger partial charge is 0.329 e. The summed E-state index contributed by atoms with van der Waals surface area (Å²) in [6, 6.07) is 5.91. The van der Waals surface area contributed by atoms with Crippen molar-refractivity contribution in [2.75, 3.05) is 6.54 Å². The zero-order chi connectivity index (χ0) is 15.4. The molecule has 0 unspecified atom stereocenters. The van der Waals surface area contributed by atoms with Gasteiger partial charge in [0.15, 0.2) is 0 Å². The molecule has 0 heterocycles. The smallest absolute Gasteiger partial charge is 0.241 e. The van der Waals surface area contributed by atoms with Crippen molar-refractivity contribution in [3.8, 4) is 6.07 Å². The third kappa shape index (κ3) is 3.49. The second kappa shape index (κ2) is 6.55. The minimum Gasteiger partial charge on any atom is -0.329 e. The van der Waals surface area contributed by atoms with Gasteiger partial charge in [-0.3, -0.25) is 0 Å². The summed E-state index contributed by atoms with van der Waals surface area (Å²) in [6.07, 6.45) is 1.17. The lowest BCUT2D eigenvalue weighted by Crippen LogP contribution is -2.52. The molecule has 20 heavy (non-hydrogen) atoms. The van der Waals surface area contributed by atoms with Crippen LogP contribution < -0.4 is 10.5 Å². The molecule has 7 heteroatoms. The van der Waals surface area contributed by atoms with Crippen molar-refractivity contribution in [3.63, 3.8) is 0 Å². The molecule has 0 radical (unpaired) electrons. The first-order valence-corrected chi connectivity index (χ1v) is 8.14. The van der Waals surface area contributed by atoms with Gasteiger partial charge in [0.1, 0.15) is 6.07 Å². The second-order valence-electron chi connectivity index (χ2n) is 4.55. The Balaban J connectivity index is 3.18. The molecule has 0 saturated carbocycles. The average Bonchev–Trinajstić information content (AvgIpc) is 2.44. The number of rotatable bonds is 6. The van der Waals surface area contributed by atoms with E-state index >= 15 is 0 Å². The van der Waals surface area contributed by atoms with E-state index in [2.05, 4.69) is 4.72 Å². The third-order valence-electron chi connectivity index (χ3n) is 3.47. The van der Waals surface area contributed by atoms with Crippen LogP contribution in [0.2, 0.25) is 5.02 Å². The summed E-state index contributed by atoms with van der Waals surface area (Å²) in [7, 11) is -3.73. The molecule has 1 rings (SSSR count). The summed E-state index contributed by atoms with van der Waals surface area (Å²) in [5, 5.41) is 8.91. The molecule has 0 aliphatic heterocycles. The molecule has 0 aliphatic carbocycles. The molecular formula is C13H18ClN3O2S. The number of nitrogens with one attached hydrogen (secondary N) is 1. The maximum Gasteiger partial charge on any atom is 0.241 e. The highest BCUT2D eigenvalue weighted by Crippen LogP contribution is 2.23. The molecule has 0 bridgehead atoms. The number of hydrogen-bond donors (Lipinski definition) is 2. The Morgan fingerprint density at radius 2 is 2.00 bits per heavy atom. The monoisotopic (exact) mass is 315 g/mol. The SMILES string of the molecule is CCC(CC)(CN)NS(=O)(=O)c1ccc(C#N)c(Cl)c1. The van der Waals surface area contributed by atoms with Crippen molar-refractivity contribution in [2.24, 2.45) is 5.73 Å². The van der Waals surface area contributed by atoms with E-state index in [0.717, 1.165) is 0 Å². The highest BCUT2D eigenvalue weighted by molar-refractivity contribution is 7.89. The molecule has 0 amide bonds. The molecular weight excluding hydrogens is 298 g/mol. The zero-order valence-electron chi connectivity index (χ0n) is 11.5. The van der Waals surface area contributed by atoms with Crippen LogP contribution in [0.25, 0.3) is 0 Å². The van der Waals surface area contributed by atoms with Gasteiger partial charge in [-0.15, -0.1) is 0 Å². The van der Waals surface area contributed by atoms with Gasteiger partial charge in [-0.2, -0.15) is 5.26 Å². The number of sulfonamides is 1. The van der Waals surface area contributed by atoms with E-state index in [0.29, 0.717) is 12.8 Å². The normalized spacial score (nSPS) is 12.2. The predicted molar refractivity (Wildman–Crippen MR) is 78.9 cm³/mol. The Bertz CT molecular complexity index is 611. The first kappa shape index (κ1) is 16.9. The van der Waals surface area contributed by atoms with Crippen LogP contribution in [0.1, 0.15) is 32.3 Å². The molecule has 3 N–H and O–H groups in total. The van der Waals surface area contributed by atoms with Gasteiger partial charge in [0.05, 0.1) is 15.5 Å². The summed E-state index contributed by atoms with van der Waals surface area (Å²) >= 11 is 5.87. The first-order chi connectivity index (χ1) is 9.34. The van der Waals surface area contributed by atoms with Crippen LogP contribution in [-0.4, -0.2) is 20.5 Å². The van der Waals surface area contributed by atoms with E-state index in [1.807, 2.05) is 19.9 Å². The van der Waals surface area contributed by atoms with Crippen LogP contribution in [0, 0.1) is 11.3 Å². The van der Waals surface area contributed by atoms with Crippen molar-refractivity contribution in [3.05, 3.63) is 28.8 Å². The molecule has 0 atom stereocenters. The van der Waals surface area contributed by atoms with Crippen molar-refractivity contribution < 1.29 is 8.42 Å². The van der Waals surface area contributed by atoms with Crippen LogP contribution >= 0.6 is 11.6 Å². The van der Waals surface area contributed by atoms with E-state index in [-0.39, 0.29) is 22.0 Å². The van der Waals surface area contributed by atoms with Crippen molar-refractivity contribution in [1.29, 1.82) is 5.26 Å². The van der Waals surface area contributed by atoms with Gasteiger partial charge in [-0.25, -0.2) is 13.1 Å². The van der Waals surface area contributed by atoms with Crippen LogP contribution in [0.3, 0.4) is 0 Å². The highest BCUT2D eigenvalue weighted by atomic mass is 35.5. The van der Waals surface area contributed by atoms with Gasteiger partial charge in [0, 0.05) is 12.1 Å². The molecule has 0 saturated heterocycles. The Hall–Kier alpha value is -1.13. The molecule has 0 aliphatic rings. The van der Waals surface area contributed by atoms with E-state index in [1.165, 1.54) is 18.2 Å². The third-order valence-corrected chi connectivity index (χ3v) is 5.36. The number of hydrogen-bond acceptors (Lipinski definition) is 4. The summed E-state index contributed by atoms with van der Waals surface area (Å²) < 4.78 is 27.4. The molecule has 0 fully saturated rings. The van der Waals surface area contributed by atoms with Crippen molar-refractivity contribution >= 4 is 21.6 Å². The second-order valence-corrected chi connectivity index (χ2v) is 6.64. The molecule has 0 spiro atoms. The lowest BCUT2D eigenvalue weighted by molar-refractivity contribution is 0.363. The topological polar surface area (TPSA) is 96.0 Å². The predicted octanol–water partition coefficient (Wildman–Crippen LogP) is 2.01. The van der Waals surface area contributed by atoms with Crippen LogP contribution in [-0.2, 0) is 10.0 Å². The van der Waals surface area contributed by atoms with Gasteiger partial charge < -0.3 is 5.73 Å². The number of benzene rings is 1. The fourth-order valence-electron chi connectivity index (χ4n) is 1.82. The van der Waals surface area contributed by atoms with E-state index in [9.17, 15) is 8.42 Å². The zero-order valence-corrected chi connectivity index (χ0v) is 13.1. The van der Waals surface area contributed by atoms with Gasteiger partial charge in [-0.05, 0) is 31.0 Å². The fraction of sp³-hybridized carbons (Fsp3) is 0.462. The number of nitrogens with zero attached hydrogens (tertiary/aromatic N) is 1. The fourth-order valence-corrected chi connectivity index (χ4v) is 3.69. The Morgan fingerprint density at radius 3 is 2.40 bits per heavy atom. The van der Waals surface area contributed by atoms with Gasteiger partial charge >= 0.3 is 0 Å². The number of nitriles is 1. The number of halogens is 1. The van der Waals surface area contributed by atoms with Crippen LogP contribution in [0.5, 0.6) is 0 Å². The summed E-state index contributed by atoms with van der Waals surface area (Å²) in [5.74, 6) is 0. The van der Waals surface area contributed by atoms with Crippen LogP contribution in [0.4, 0.5) is 0 Å². The minimum atomic E-state index is -3.73. The molecule has 1 aromatic carbocycles. The quantitative estimate of drug-likeness (QED) is 0.839. The van der Waals surface area contributed by atoms with Crippen molar-refractivity contribution in [2.45, 2.75) is 37.1 Å². The first-order valence-electron chi connectivity index (χ1n) is 6.28. The van der Waals surface area contributed by atoms with Crippen LogP contribution in [0.15, 0.2) is 23.1 Å². The highest BCUT2D eigenvalue weighted by Gasteiger charge is 2.31. The Morgan fingerprint density at radius 1 is 1.40 bits per heavy atom. The van der Waals surface area contributed by atoms with Gasteiger partial charge in [0.25, 0.3) is 0 Å². The standard InChI is InChI=1S/C13H18ClN3O2S/c1-3-13(4-2,9-16)17-20(18,19)11-6-5-10(8-15)12(14)7-11/h5-7,17H,3-4,9,16H2,1-2H3. The maximum atomic E-state index is 12.4. The van der Waals surface area contributed by atoms with Gasteiger partial charge in [0.2, 0.25) is 10.0 Å². The Kier molecular flexibility index (Phi) is 5.54. The molecule has 1 aromatic rings. The molecule has 0 aromatic heterocycles. The average molecular weight is 316 g/mol. The van der Waals surface area contributed by atoms with Crippen molar-refractivity contribution in [1.82, 2.24) is 4.72 Å². The lowest BCUT2D eigenvalue weighted by atomic mass is 9.95. The summed E-state index contributed by atoms with van der Waals surface area (Å²) in [4.78, 5) is 0.0289. The lowest BCUT2D eigenvalue weighted by Gasteiger charge is -2.31. The maximum absolute atomic E-state index is 12.4. The molecule has 110 valence electrons. The van der Waals surface area contributed by atoms with Gasteiger partial charge in [-0.1, -0.05) is 25.4 Å². The minimum absolute atomic E-state index is 0.0289. The Labute approximate surface area is 124 Å². The van der Waals surface area contributed by atoms with E-state index in [4.69, 9.17) is 22.6 Å². The number of nitrogens with two attached hydrogens (primary N) is 1. The molecule has 5 nitrogen and oxygen atoms in total.